The molecule has 0 spiro atoms. The van der Waals surface area contributed by atoms with E-state index in [0.717, 1.165) is 33.4 Å². The number of pyridine rings is 2. The molecule has 0 aliphatic carbocycles. The van der Waals surface area contributed by atoms with Gasteiger partial charge in [-0.1, -0.05) is 17.7 Å². The van der Waals surface area contributed by atoms with Crippen molar-refractivity contribution in [1.29, 1.82) is 0 Å². The first-order valence-electron chi connectivity index (χ1n) is 8.33. The predicted molar refractivity (Wildman–Crippen MR) is 106 cm³/mol. The van der Waals surface area contributed by atoms with E-state index in [9.17, 15) is 4.79 Å². The van der Waals surface area contributed by atoms with Crippen LogP contribution in [0.5, 0.6) is 0 Å². The first-order valence-corrected chi connectivity index (χ1v) is 8.71. The summed E-state index contributed by atoms with van der Waals surface area (Å²) in [5.41, 5.74) is 4.65. The molecule has 1 N–H and O–H groups in total. The number of carbonyl (C=O) groups excluding carboxylic acids is 1. The lowest BCUT2D eigenvalue weighted by atomic mass is 10.1. The largest absolute Gasteiger partial charge is 0.320 e. The van der Waals surface area contributed by atoms with Crippen molar-refractivity contribution in [1.82, 2.24) is 19.7 Å². The maximum absolute atomic E-state index is 12.4. The number of aryl methyl sites for hydroxylation is 2. The number of fused-ring (bicyclic) bond motifs is 1. The third-order valence-electron chi connectivity index (χ3n) is 4.38. The molecule has 27 heavy (non-hydrogen) atoms. The van der Waals surface area contributed by atoms with Crippen LogP contribution in [0.3, 0.4) is 0 Å². The van der Waals surface area contributed by atoms with Crippen LogP contribution >= 0.6 is 11.6 Å². The lowest BCUT2D eigenvalue weighted by Crippen LogP contribution is -2.16. The van der Waals surface area contributed by atoms with Crippen molar-refractivity contribution in [3.63, 3.8) is 0 Å². The van der Waals surface area contributed by atoms with Crippen LogP contribution in [0.2, 0.25) is 5.02 Å². The molecule has 3 heterocycles. The Balaban J connectivity index is 1.65. The number of amides is 1. The number of carbonyl (C=O) groups is 1. The molecule has 4 aromatic rings. The summed E-state index contributed by atoms with van der Waals surface area (Å²) in [6.45, 7) is 1.94. The first-order chi connectivity index (χ1) is 13.0. The van der Waals surface area contributed by atoms with E-state index in [1.54, 1.807) is 31.7 Å². The van der Waals surface area contributed by atoms with Gasteiger partial charge in [-0.2, -0.15) is 5.10 Å². The summed E-state index contributed by atoms with van der Waals surface area (Å²) in [6.07, 6.45) is 4.92. The summed E-state index contributed by atoms with van der Waals surface area (Å²) in [5, 5.41) is 8.35. The Kier molecular flexibility index (Phi) is 4.33. The van der Waals surface area contributed by atoms with Crippen LogP contribution in [0.1, 0.15) is 16.1 Å². The molecule has 0 radical (unpaired) electrons. The molecule has 3 aromatic heterocycles. The van der Waals surface area contributed by atoms with Crippen LogP contribution in [0.4, 0.5) is 5.69 Å². The zero-order valence-electron chi connectivity index (χ0n) is 14.8. The van der Waals surface area contributed by atoms with Crippen molar-refractivity contribution in [3.8, 4) is 11.3 Å². The topological polar surface area (TPSA) is 72.7 Å². The fourth-order valence-electron chi connectivity index (χ4n) is 2.92. The number of hydrogen-bond donors (Lipinski definition) is 1. The molecule has 0 saturated heterocycles. The number of halogens is 1. The maximum atomic E-state index is 12.4. The third-order valence-corrected chi connectivity index (χ3v) is 4.65. The second-order valence-electron chi connectivity index (χ2n) is 6.21. The Labute approximate surface area is 160 Å². The Morgan fingerprint density at radius 3 is 2.74 bits per heavy atom. The second kappa shape index (κ2) is 6.81. The summed E-state index contributed by atoms with van der Waals surface area (Å²) >= 11 is 6.21. The van der Waals surface area contributed by atoms with Gasteiger partial charge in [0.15, 0.2) is 0 Å². The molecule has 1 amide bonds. The molecule has 0 bridgehead atoms. The van der Waals surface area contributed by atoms with Gasteiger partial charge in [0, 0.05) is 42.3 Å². The summed E-state index contributed by atoms with van der Waals surface area (Å²) < 4.78 is 1.54. The Morgan fingerprint density at radius 1 is 1.15 bits per heavy atom. The van der Waals surface area contributed by atoms with Crippen molar-refractivity contribution in [2.24, 2.45) is 7.05 Å². The van der Waals surface area contributed by atoms with Crippen molar-refractivity contribution < 1.29 is 4.79 Å². The molecule has 1 aromatic carbocycles. The highest BCUT2D eigenvalue weighted by Crippen LogP contribution is 2.27. The highest BCUT2D eigenvalue weighted by molar-refractivity contribution is 6.34. The number of hydrogen-bond acceptors (Lipinski definition) is 4. The van der Waals surface area contributed by atoms with Gasteiger partial charge in [-0.05, 0) is 42.8 Å². The average Bonchev–Trinajstić information content (AvgIpc) is 3.09. The van der Waals surface area contributed by atoms with Crippen LogP contribution in [-0.2, 0) is 7.05 Å². The van der Waals surface area contributed by atoms with Crippen LogP contribution in [-0.4, -0.2) is 25.7 Å². The van der Waals surface area contributed by atoms with Gasteiger partial charge in [0.1, 0.15) is 5.69 Å². The highest BCUT2D eigenvalue weighted by Gasteiger charge is 2.12. The Morgan fingerprint density at radius 2 is 2.00 bits per heavy atom. The van der Waals surface area contributed by atoms with Gasteiger partial charge in [-0.3, -0.25) is 14.5 Å². The lowest BCUT2D eigenvalue weighted by molar-refractivity contribution is 0.101. The van der Waals surface area contributed by atoms with Crippen molar-refractivity contribution >= 4 is 34.1 Å². The van der Waals surface area contributed by atoms with E-state index in [0.29, 0.717) is 10.7 Å². The minimum atomic E-state index is -0.200. The fraction of sp³-hybridized carbons (Fsp3) is 0.100. The molecule has 0 aliphatic heterocycles. The molecular formula is C20H16ClN5O. The normalized spacial score (nSPS) is 10.9. The fourth-order valence-corrected chi connectivity index (χ4v) is 3.12. The summed E-state index contributed by atoms with van der Waals surface area (Å²) in [4.78, 5) is 21.1. The van der Waals surface area contributed by atoms with Gasteiger partial charge in [-0.25, -0.2) is 4.98 Å². The molecular weight excluding hydrogens is 362 g/mol. The maximum Gasteiger partial charge on any atom is 0.273 e. The number of nitrogens with zero attached hydrogens (tertiary/aromatic N) is 4. The van der Waals surface area contributed by atoms with E-state index in [4.69, 9.17) is 11.6 Å². The van der Waals surface area contributed by atoms with Gasteiger partial charge < -0.3 is 5.32 Å². The monoisotopic (exact) mass is 377 g/mol. The van der Waals surface area contributed by atoms with E-state index in [2.05, 4.69) is 20.4 Å². The minimum absolute atomic E-state index is 0.200. The average molecular weight is 378 g/mol. The van der Waals surface area contributed by atoms with Crippen LogP contribution in [0.25, 0.3) is 22.2 Å². The quantitative estimate of drug-likeness (QED) is 0.579. The van der Waals surface area contributed by atoms with E-state index < -0.39 is 0 Å². The van der Waals surface area contributed by atoms with Crippen LogP contribution in [0, 0.1) is 6.92 Å². The summed E-state index contributed by atoms with van der Waals surface area (Å²) in [6, 6.07) is 11.3. The molecule has 0 saturated carbocycles. The van der Waals surface area contributed by atoms with E-state index in [1.165, 1.54) is 4.68 Å². The zero-order chi connectivity index (χ0) is 19.0. The highest BCUT2D eigenvalue weighted by atomic mass is 35.5. The van der Waals surface area contributed by atoms with E-state index in [-0.39, 0.29) is 5.91 Å². The first kappa shape index (κ1) is 17.2. The van der Waals surface area contributed by atoms with Gasteiger partial charge in [-0.15, -0.1) is 0 Å². The SMILES string of the molecule is Cc1cc(-c2ccc3cncc(Cl)c3n2)ccc1NC(=O)c1ccnn1C. The van der Waals surface area contributed by atoms with Crippen LogP contribution in [0.15, 0.2) is 55.0 Å². The standard InChI is InChI=1S/C20H16ClN5O/c1-12-9-13(17-6-4-14-10-22-11-15(21)19(14)24-17)3-5-16(12)25-20(27)18-7-8-23-26(18)2/h3-11H,1-2H3,(H,25,27). The summed E-state index contributed by atoms with van der Waals surface area (Å²) in [5.74, 6) is -0.200. The number of benzene rings is 1. The Hall–Kier alpha value is -3.25. The molecule has 6 nitrogen and oxygen atoms in total. The number of anilines is 1. The third kappa shape index (κ3) is 3.27. The number of nitrogens with one attached hydrogen (secondary N) is 1. The van der Waals surface area contributed by atoms with E-state index in [1.807, 2.05) is 37.3 Å². The van der Waals surface area contributed by atoms with Gasteiger partial charge >= 0.3 is 0 Å². The minimum Gasteiger partial charge on any atom is -0.320 e. The molecule has 0 unspecified atom stereocenters. The molecule has 7 heteroatoms. The Bertz CT molecular complexity index is 1170. The number of aromatic nitrogens is 4. The predicted octanol–water partition coefficient (Wildman–Crippen LogP) is 4.24. The second-order valence-corrected chi connectivity index (χ2v) is 6.62. The van der Waals surface area contributed by atoms with Crippen molar-refractivity contribution in [2.45, 2.75) is 6.92 Å². The van der Waals surface area contributed by atoms with Gasteiger partial charge in [0.25, 0.3) is 5.91 Å². The summed E-state index contributed by atoms with van der Waals surface area (Å²) in [7, 11) is 1.73. The van der Waals surface area contributed by atoms with E-state index >= 15 is 0 Å². The molecule has 4 rings (SSSR count). The molecule has 0 fully saturated rings. The van der Waals surface area contributed by atoms with Gasteiger partial charge in [0.2, 0.25) is 0 Å². The molecule has 134 valence electrons. The lowest BCUT2D eigenvalue weighted by Gasteiger charge is -2.11. The molecule has 0 atom stereocenters. The number of rotatable bonds is 3. The van der Waals surface area contributed by atoms with Crippen molar-refractivity contribution in [2.75, 3.05) is 5.32 Å². The molecule has 0 aliphatic rings. The smallest absolute Gasteiger partial charge is 0.273 e. The zero-order valence-corrected chi connectivity index (χ0v) is 15.5. The van der Waals surface area contributed by atoms with Crippen molar-refractivity contribution in [3.05, 3.63) is 71.3 Å². The van der Waals surface area contributed by atoms with Gasteiger partial charge in [0.05, 0.1) is 16.2 Å². The van der Waals surface area contributed by atoms with Crippen LogP contribution < -0.4 is 5.32 Å².